The first-order valence-corrected chi connectivity index (χ1v) is 14.3. The van der Waals surface area contributed by atoms with E-state index in [0.717, 1.165) is 58.0 Å². The Morgan fingerprint density at radius 2 is 1.92 bits per heavy atom. The van der Waals surface area contributed by atoms with E-state index in [0.29, 0.717) is 34.8 Å². The summed E-state index contributed by atoms with van der Waals surface area (Å²) in [6, 6.07) is 3.48. The Morgan fingerprint density at radius 1 is 1.11 bits per heavy atom. The summed E-state index contributed by atoms with van der Waals surface area (Å²) in [5.74, 6) is 2.13. The molecule has 0 amide bonds. The molecule has 202 valence electrons. The van der Waals surface area contributed by atoms with Crippen LogP contribution >= 0.6 is 0 Å². The summed E-state index contributed by atoms with van der Waals surface area (Å²) < 4.78 is 20.4. The smallest absolute Gasteiger partial charge is 0.159 e. The van der Waals surface area contributed by atoms with Gasteiger partial charge < -0.3 is 9.84 Å². The SMILES string of the molecule is COC[C@]12CC[C@@](C)(O)C[C@H]1CC[C@H]1[C@@H]3CC[C@H](C(=O)Cn4nc5ccc(C)c(F)c5n4)[C@@]3(C)CC[C@@H]12. The van der Waals surface area contributed by atoms with Crippen molar-refractivity contribution in [3.05, 3.63) is 23.5 Å². The van der Waals surface area contributed by atoms with Crippen LogP contribution in [0.5, 0.6) is 0 Å². The van der Waals surface area contributed by atoms with Crippen molar-refractivity contribution in [2.24, 2.45) is 40.4 Å². The average molecular weight is 512 g/mol. The van der Waals surface area contributed by atoms with Gasteiger partial charge in [0.2, 0.25) is 0 Å². The third kappa shape index (κ3) is 3.90. The zero-order valence-electron chi connectivity index (χ0n) is 22.8. The number of aromatic nitrogens is 3. The van der Waals surface area contributed by atoms with E-state index in [1.54, 1.807) is 19.1 Å². The van der Waals surface area contributed by atoms with Crippen molar-refractivity contribution in [1.29, 1.82) is 0 Å². The molecular weight excluding hydrogens is 469 g/mol. The van der Waals surface area contributed by atoms with E-state index in [2.05, 4.69) is 17.1 Å². The summed E-state index contributed by atoms with van der Waals surface area (Å²) in [4.78, 5) is 15.1. The van der Waals surface area contributed by atoms with Gasteiger partial charge in [0.15, 0.2) is 11.6 Å². The zero-order valence-corrected chi connectivity index (χ0v) is 22.8. The van der Waals surface area contributed by atoms with Gasteiger partial charge in [-0.25, -0.2) is 4.39 Å². The van der Waals surface area contributed by atoms with Gasteiger partial charge in [-0.15, -0.1) is 5.10 Å². The molecule has 6 rings (SSSR count). The first-order valence-electron chi connectivity index (χ1n) is 14.3. The summed E-state index contributed by atoms with van der Waals surface area (Å²) in [5, 5.41) is 19.6. The van der Waals surface area contributed by atoms with Crippen molar-refractivity contribution in [1.82, 2.24) is 15.0 Å². The molecule has 4 aliphatic carbocycles. The maximum absolute atomic E-state index is 14.5. The molecule has 1 N–H and O–H groups in total. The highest BCUT2D eigenvalue weighted by atomic mass is 19.1. The number of carbonyl (C=O) groups excluding carboxylic acids is 1. The predicted octanol–water partition coefficient (Wildman–Crippen LogP) is 5.48. The van der Waals surface area contributed by atoms with Gasteiger partial charge in [-0.1, -0.05) is 13.0 Å². The van der Waals surface area contributed by atoms with Gasteiger partial charge >= 0.3 is 0 Å². The molecule has 6 nitrogen and oxygen atoms in total. The summed E-state index contributed by atoms with van der Waals surface area (Å²) in [6.45, 7) is 6.98. The molecule has 4 aliphatic rings. The van der Waals surface area contributed by atoms with E-state index in [9.17, 15) is 14.3 Å². The molecule has 8 atom stereocenters. The number of aryl methyl sites for hydroxylation is 1. The second kappa shape index (κ2) is 8.84. The van der Waals surface area contributed by atoms with Gasteiger partial charge in [-0.2, -0.15) is 9.90 Å². The Morgan fingerprint density at radius 3 is 2.70 bits per heavy atom. The van der Waals surface area contributed by atoms with Crippen molar-refractivity contribution in [2.45, 2.75) is 90.7 Å². The molecule has 1 aromatic carbocycles. The molecular formula is C30H42FN3O3. The number of nitrogens with zero attached hydrogens (tertiary/aromatic N) is 3. The first kappa shape index (κ1) is 25.4. The molecule has 0 radical (unpaired) electrons. The number of benzene rings is 1. The fraction of sp³-hybridized carbons (Fsp3) is 0.767. The summed E-state index contributed by atoms with van der Waals surface area (Å²) in [5.41, 5.74) is 0.874. The number of rotatable bonds is 5. The monoisotopic (exact) mass is 511 g/mol. The van der Waals surface area contributed by atoms with E-state index >= 15 is 0 Å². The van der Waals surface area contributed by atoms with Gasteiger partial charge in [0, 0.05) is 13.0 Å². The van der Waals surface area contributed by atoms with Gasteiger partial charge in [0.05, 0.1) is 12.2 Å². The Bertz CT molecular complexity index is 1210. The van der Waals surface area contributed by atoms with Crippen LogP contribution in [0.2, 0.25) is 0 Å². The molecule has 0 saturated heterocycles. The van der Waals surface area contributed by atoms with Crippen LogP contribution in [0.1, 0.15) is 77.2 Å². The van der Waals surface area contributed by atoms with Crippen LogP contribution in [0.4, 0.5) is 4.39 Å². The molecule has 37 heavy (non-hydrogen) atoms. The number of ether oxygens (including phenoxy) is 1. The molecule has 4 saturated carbocycles. The number of hydrogen-bond acceptors (Lipinski definition) is 5. The highest BCUT2D eigenvalue weighted by Gasteiger charge is 2.63. The normalized spacial score (nSPS) is 41.3. The summed E-state index contributed by atoms with van der Waals surface area (Å²) >= 11 is 0. The van der Waals surface area contributed by atoms with Crippen LogP contribution in [-0.2, 0) is 16.1 Å². The quantitative estimate of drug-likeness (QED) is 0.575. The lowest BCUT2D eigenvalue weighted by molar-refractivity contribution is -0.175. The number of carbonyl (C=O) groups is 1. The molecule has 1 aromatic heterocycles. The lowest BCUT2D eigenvalue weighted by Crippen LogP contribution is -2.58. The van der Waals surface area contributed by atoms with E-state index in [1.807, 2.05) is 14.0 Å². The Hall–Kier alpha value is -1.86. The second-order valence-electron chi connectivity index (χ2n) is 13.5. The number of fused-ring (bicyclic) bond motifs is 6. The maximum Gasteiger partial charge on any atom is 0.159 e. The molecule has 0 bridgehead atoms. The van der Waals surface area contributed by atoms with Gasteiger partial charge in [0.1, 0.15) is 17.6 Å². The molecule has 4 fully saturated rings. The summed E-state index contributed by atoms with van der Waals surface area (Å²) in [6.07, 6.45) is 9.35. The second-order valence-corrected chi connectivity index (χ2v) is 13.5. The Kier molecular flexibility index (Phi) is 6.07. The fourth-order valence-electron chi connectivity index (χ4n) is 9.73. The van der Waals surface area contributed by atoms with Gasteiger partial charge in [0.25, 0.3) is 0 Å². The van der Waals surface area contributed by atoms with E-state index in [1.165, 1.54) is 11.2 Å². The highest BCUT2D eigenvalue weighted by Crippen LogP contribution is 2.68. The lowest BCUT2D eigenvalue weighted by Gasteiger charge is -2.62. The molecule has 0 spiro atoms. The minimum atomic E-state index is -0.560. The first-order chi connectivity index (χ1) is 17.6. The lowest BCUT2D eigenvalue weighted by atomic mass is 9.43. The van der Waals surface area contributed by atoms with Crippen molar-refractivity contribution < 1.29 is 19.0 Å². The van der Waals surface area contributed by atoms with Crippen LogP contribution in [-0.4, -0.2) is 45.2 Å². The fourth-order valence-corrected chi connectivity index (χ4v) is 9.73. The molecule has 0 aliphatic heterocycles. The van der Waals surface area contributed by atoms with Gasteiger partial charge in [-0.05, 0) is 118 Å². The van der Waals surface area contributed by atoms with Crippen molar-refractivity contribution in [2.75, 3.05) is 13.7 Å². The van der Waals surface area contributed by atoms with Crippen LogP contribution in [0.25, 0.3) is 11.0 Å². The number of Topliss-reactive ketones (excluding diaryl/α,β-unsaturated/α-hetero) is 1. The van der Waals surface area contributed by atoms with Crippen LogP contribution < -0.4 is 0 Å². The zero-order chi connectivity index (χ0) is 26.2. The number of methoxy groups -OCH3 is 1. The number of hydrogen-bond donors (Lipinski definition) is 1. The Balaban J connectivity index is 1.22. The third-order valence-corrected chi connectivity index (χ3v) is 11.5. The topological polar surface area (TPSA) is 77.2 Å². The number of aliphatic hydroxyl groups is 1. The average Bonchev–Trinajstić information content (AvgIpc) is 3.42. The standard InChI is InChI=1S/C30H42FN3O3/c1-18-5-10-24-27(26(18)31)33-34(32-24)16-25(35)23-9-8-21-20-7-6-19-15-28(2,36)13-14-30(19,17-37-4)22(20)11-12-29(21,23)3/h5,10,19-23,36H,6-9,11-17H2,1-4H3/t19-,20+,21+,22+,23-,28-,29+,30-/m1/s1. The van der Waals surface area contributed by atoms with Crippen LogP contribution in [0.3, 0.4) is 0 Å². The van der Waals surface area contributed by atoms with E-state index < -0.39 is 5.60 Å². The predicted molar refractivity (Wildman–Crippen MR) is 139 cm³/mol. The minimum absolute atomic E-state index is 0.00216. The van der Waals surface area contributed by atoms with Crippen molar-refractivity contribution >= 4 is 16.8 Å². The van der Waals surface area contributed by atoms with Crippen LogP contribution in [0.15, 0.2) is 12.1 Å². The third-order valence-electron chi connectivity index (χ3n) is 11.5. The van der Waals surface area contributed by atoms with Crippen molar-refractivity contribution in [3.63, 3.8) is 0 Å². The van der Waals surface area contributed by atoms with Crippen LogP contribution in [0, 0.1) is 53.2 Å². The van der Waals surface area contributed by atoms with E-state index in [4.69, 9.17) is 4.74 Å². The maximum atomic E-state index is 14.5. The molecule has 0 unspecified atom stereocenters. The number of halogens is 1. The highest BCUT2D eigenvalue weighted by molar-refractivity contribution is 5.82. The van der Waals surface area contributed by atoms with Gasteiger partial charge in [-0.3, -0.25) is 4.79 Å². The molecule has 7 heteroatoms. The largest absolute Gasteiger partial charge is 0.390 e. The minimum Gasteiger partial charge on any atom is -0.390 e. The molecule has 2 aromatic rings. The Labute approximate surface area is 219 Å². The van der Waals surface area contributed by atoms with E-state index in [-0.39, 0.29) is 40.4 Å². The molecule has 1 heterocycles. The number of ketones is 1. The van der Waals surface area contributed by atoms with Crippen molar-refractivity contribution in [3.8, 4) is 0 Å². The summed E-state index contributed by atoms with van der Waals surface area (Å²) in [7, 11) is 1.83.